The van der Waals surface area contributed by atoms with Crippen LogP contribution in [0.2, 0.25) is 0 Å². The Kier molecular flexibility index (Phi) is 36.2. The van der Waals surface area contributed by atoms with Crippen molar-refractivity contribution in [3.8, 4) is 23.0 Å². The zero-order valence-corrected chi connectivity index (χ0v) is 80.2. The lowest BCUT2D eigenvalue weighted by Gasteiger charge is -2.61. The summed E-state index contributed by atoms with van der Waals surface area (Å²) < 4.78 is 43.9. The molecule has 7 aromatic rings. The Balaban J connectivity index is 0.000000147. The molecule has 0 aromatic heterocycles. The molecule has 0 amide bonds. The number of esters is 1. The summed E-state index contributed by atoms with van der Waals surface area (Å²) >= 11 is 0. The van der Waals surface area contributed by atoms with Crippen LogP contribution in [0, 0.1) is 75.4 Å². The van der Waals surface area contributed by atoms with E-state index in [4.69, 9.17) is 38.3 Å². The van der Waals surface area contributed by atoms with E-state index in [9.17, 15) is 4.79 Å². The zero-order chi connectivity index (χ0) is 88.0. The number of carbonyl (C=O) groups excluding carboxylic acids is 1. The molecule has 10 fully saturated rings. The van der Waals surface area contributed by atoms with E-state index in [1.165, 1.54) is 204 Å². The SMILES string of the molecule is CC1c2cccc3cccc(c23)C1C.CCC(C)(C)C(=O)OC(C)(C)C12CC3CC(CC(C3)C1)C2.CCC(C)c1ccc(O)cc1.CCC(C)c1ccc(OC(OCc2ccccc2)C(C)C2CCCCC2)cc1.CCCOC(Oc1ccc(C(C)CC)cc1)C(C)C1CCCCC1.CCOC(Oc1ccc(C(C)CC)cc1)C12CC3CC(CC(C3)C1)C2. The van der Waals surface area contributed by atoms with Crippen LogP contribution in [0.4, 0.5) is 0 Å². The van der Waals surface area contributed by atoms with Crippen molar-refractivity contribution in [1.82, 2.24) is 0 Å². The number of ether oxygens (including phenoxy) is 7. The highest BCUT2D eigenvalue weighted by Gasteiger charge is 2.60. The Hall–Kier alpha value is -6.65. The molecule has 11 atom stereocenters. The van der Waals surface area contributed by atoms with Gasteiger partial charge in [0, 0.05) is 29.3 Å². The minimum atomic E-state index is -0.362. The van der Waals surface area contributed by atoms with Crippen molar-refractivity contribution in [2.75, 3.05) is 13.2 Å². The van der Waals surface area contributed by atoms with Crippen LogP contribution in [0.1, 0.15) is 386 Å². The first-order valence-corrected chi connectivity index (χ1v) is 49.9. The van der Waals surface area contributed by atoms with Gasteiger partial charge in [-0.05, 0) is 357 Å². The molecule has 1 N–H and O–H groups in total. The van der Waals surface area contributed by atoms with Crippen LogP contribution < -0.4 is 14.2 Å². The highest BCUT2D eigenvalue weighted by atomic mass is 16.7. The topological polar surface area (TPSA) is 102 Å². The molecule has 11 aliphatic carbocycles. The summed E-state index contributed by atoms with van der Waals surface area (Å²) in [4.78, 5) is 12.6. The third-order valence-corrected chi connectivity index (χ3v) is 32.1. The predicted octanol–water partition coefficient (Wildman–Crippen LogP) is 32.0. The second-order valence-corrected chi connectivity index (χ2v) is 41.6. The smallest absolute Gasteiger partial charge is 0.312 e. The highest BCUT2D eigenvalue weighted by molar-refractivity contribution is 5.92. The monoisotopic (exact) mass is 1680 g/mol. The predicted molar refractivity (Wildman–Crippen MR) is 512 cm³/mol. The van der Waals surface area contributed by atoms with E-state index in [0.717, 1.165) is 97.6 Å². The van der Waals surface area contributed by atoms with Crippen LogP contribution >= 0.6 is 0 Å². The Labute approximate surface area is 747 Å². The van der Waals surface area contributed by atoms with Crippen LogP contribution in [-0.2, 0) is 30.3 Å². The van der Waals surface area contributed by atoms with Crippen LogP contribution in [0.3, 0.4) is 0 Å². The third-order valence-electron chi connectivity index (χ3n) is 32.1. The van der Waals surface area contributed by atoms with Gasteiger partial charge in [0.05, 0.1) is 18.6 Å². The van der Waals surface area contributed by atoms with Crippen molar-refractivity contribution >= 4 is 16.7 Å². The number of aromatic hydroxyl groups is 1. The van der Waals surface area contributed by atoms with Gasteiger partial charge in [0.2, 0.25) is 18.9 Å². The molecular formula is C114H166O9. The Morgan fingerprint density at radius 3 is 1.18 bits per heavy atom. The third kappa shape index (κ3) is 25.7. The van der Waals surface area contributed by atoms with Gasteiger partial charge < -0.3 is 38.3 Å². The highest BCUT2D eigenvalue weighted by Crippen LogP contribution is 2.65. The molecular weight excluding hydrogens is 1510 g/mol. The van der Waals surface area contributed by atoms with E-state index in [2.05, 4.69) is 251 Å². The lowest BCUT2D eigenvalue weighted by Crippen LogP contribution is -2.58. The fraction of sp³-hybridized carbons (Fsp3) is 0.640. The van der Waals surface area contributed by atoms with Crippen LogP contribution in [0.15, 0.2) is 164 Å². The van der Waals surface area contributed by atoms with Crippen LogP contribution in [0.25, 0.3) is 10.8 Å². The Morgan fingerprint density at radius 2 is 0.805 bits per heavy atom. The molecule has 11 unspecified atom stereocenters. The number of phenols is 1. The van der Waals surface area contributed by atoms with Crippen molar-refractivity contribution in [3.05, 3.63) is 203 Å². The van der Waals surface area contributed by atoms with Gasteiger partial charge in [-0.3, -0.25) is 4.79 Å². The second kappa shape index (κ2) is 45.9. The van der Waals surface area contributed by atoms with Crippen molar-refractivity contribution < 1.29 is 43.1 Å². The molecule has 9 heteroatoms. The van der Waals surface area contributed by atoms with Crippen molar-refractivity contribution in [3.63, 3.8) is 0 Å². The first kappa shape index (κ1) is 97.0. The maximum absolute atomic E-state index is 12.6. The number of benzene rings is 7. The number of phenolic OH excluding ortho intramolecular Hbond substituents is 1. The van der Waals surface area contributed by atoms with Crippen LogP contribution in [-0.4, -0.2) is 48.8 Å². The lowest BCUT2D eigenvalue weighted by molar-refractivity contribution is -0.213. The van der Waals surface area contributed by atoms with Gasteiger partial charge >= 0.3 is 5.97 Å². The summed E-state index contributed by atoms with van der Waals surface area (Å²) in [6, 6.07) is 57.1. The average molecular weight is 1680 g/mol. The number of carbonyl (C=O) groups is 1. The summed E-state index contributed by atoms with van der Waals surface area (Å²) in [5, 5.41) is 11.9. The fourth-order valence-corrected chi connectivity index (χ4v) is 23.2. The van der Waals surface area contributed by atoms with Gasteiger partial charge in [0.25, 0.3) is 0 Å². The summed E-state index contributed by atoms with van der Waals surface area (Å²) in [6.07, 6.45) is 36.0. The maximum atomic E-state index is 12.6. The number of hydrogen-bond acceptors (Lipinski definition) is 9. The second-order valence-electron chi connectivity index (χ2n) is 41.6. The number of rotatable bonds is 31. The molecule has 0 spiro atoms. The summed E-state index contributed by atoms with van der Waals surface area (Å²) in [5.74, 6) is 14.6. The van der Waals surface area contributed by atoms with Crippen molar-refractivity contribution in [2.24, 2.45) is 75.4 Å². The Morgan fingerprint density at radius 1 is 0.431 bits per heavy atom. The molecule has 676 valence electrons. The molecule has 0 heterocycles. The van der Waals surface area contributed by atoms with E-state index in [1.54, 1.807) is 12.1 Å². The van der Waals surface area contributed by atoms with E-state index in [1.807, 2.05) is 32.0 Å². The normalized spacial score (nSPS) is 25.8. The molecule has 11 aliphatic rings. The minimum Gasteiger partial charge on any atom is -0.508 e. The van der Waals surface area contributed by atoms with Gasteiger partial charge in [0.15, 0.2) is 0 Å². The molecule has 7 aromatic carbocycles. The fourth-order valence-electron chi connectivity index (χ4n) is 23.2. The Bertz CT molecular complexity index is 4110. The van der Waals surface area contributed by atoms with E-state index >= 15 is 0 Å². The van der Waals surface area contributed by atoms with Gasteiger partial charge in [-0.15, -0.1) is 0 Å². The molecule has 0 aliphatic heterocycles. The molecule has 9 nitrogen and oxygen atoms in total. The zero-order valence-electron chi connectivity index (χ0n) is 80.2. The molecule has 0 saturated heterocycles. The molecule has 123 heavy (non-hydrogen) atoms. The lowest BCUT2D eigenvalue weighted by atomic mass is 9.46. The van der Waals surface area contributed by atoms with Gasteiger partial charge in [-0.2, -0.15) is 0 Å². The van der Waals surface area contributed by atoms with Crippen LogP contribution in [0.5, 0.6) is 23.0 Å². The molecule has 10 saturated carbocycles. The molecule has 8 bridgehead atoms. The first-order valence-electron chi connectivity index (χ1n) is 49.9. The van der Waals surface area contributed by atoms with Gasteiger partial charge in [0.1, 0.15) is 28.6 Å². The maximum Gasteiger partial charge on any atom is 0.312 e. The summed E-state index contributed by atoms with van der Waals surface area (Å²) in [6.45, 7) is 44.0. The van der Waals surface area contributed by atoms with E-state index in [0.29, 0.717) is 65.6 Å². The summed E-state index contributed by atoms with van der Waals surface area (Å²) in [7, 11) is 0. The molecule has 0 radical (unpaired) electrons. The standard InChI is InChI=1S/C26H36O2.C23H34O2.C22H36O2.C19H32O2.C14H14.C10H14O/c1-4-20(2)23-15-17-25(18-16-23)28-26(21(3)24-13-9-6-10-14-24)27-19-22-11-7-5-8-12-22;1-4-16(3)20-6-8-21(9-7-20)25-22(24-5-2)23-13-17-10-18(14-23)12-19(11-17)15-23;1-5-16-23-22(18(4)20-10-8-7-9-11-20)24-21-14-12-19(13-15-21)17(3)6-2;1-6-17(2,3)16(20)21-18(4,5)19-10-13-7-14(11-19)9-15(8-13)12-19;1-9-10(2)13-8-4-6-11-5-3-7-12(9)14(11)13;1-3-8(2)9-4-6-10(11)7-5-9/h5,7-8,11-12,15-18,20-21,24,26H,4,6,9-10,13-14,19H2,1-3H3;6-9,16-19,22H,4-5,10-15H2,1-3H3;12-15,17-18,20,22H,5-11,16H2,1-4H3;13-15H,6-12H2,1-5H3;3-10H,1-2H3;4-8,11H,3H2,1-2H3. The van der Waals surface area contributed by atoms with E-state index < -0.39 is 0 Å². The minimum absolute atomic E-state index is 0.00857. The van der Waals surface area contributed by atoms with Gasteiger partial charge in [-0.25, -0.2) is 0 Å². The summed E-state index contributed by atoms with van der Waals surface area (Å²) in [5.41, 5.74) is 9.55. The number of hydrogen-bond donors (Lipinski definition) is 1. The average Bonchev–Trinajstić information content (AvgIpc) is 1.48. The van der Waals surface area contributed by atoms with E-state index in [-0.39, 0.29) is 46.7 Å². The quantitative estimate of drug-likeness (QED) is 0.0336. The largest absolute Gasteiger partial charge is 0.508 e. The molecule has 18 rings (SSSR count). The van der Waals surface area contributed by atoms with Crippen molar-refractivity contribution in [1.29, 1.82) is 0 Å². The first-order chi connectivity index (χ1) is 59.1. The van der Waals surface area contributed by atoms with Gasteiger partial charge in [-0.1, -0.05) is 251 Å². The van der Waals surface area contributed by atoms with Crippen molar-refractivity contribution in [2.45, 2.75) is 378 Å².